The molecule has 0 radical (unpaired) electrons. The molecule has 4 heteroatoms. The van der Waals surface area contributed by atoms with Crippen molar-refractivity contribution in [2.45, 2.75) is 46.6 Å². The standard InChI is InChI=1S/C13H20N2OS/c1-13(2,3)6-4-11-14-10-5-7-16-8-9(10)12(17)15-11/h4-8H2,1-3H3,(H,14,15,17). The van der Waals surface area contributed by atoms with Gasteiger partial charge in [0, 0.05) is 24.1 Å². The molecule has 1 aliphatic heterocycles. The normalized spacial score (nSPS) is 15.7. The van der Waals surface area contributed by atoms with Crippen molar-refractivity contribution in [2.24, 2.45) is 5.41 Å². The molecule has 0 saturated carbocycles. The van der Waals surface area contributed by atoms with Gasteiger partial charge in [0.1, 0.15) is 10.5 Å². The lowest BCUT2D eigenvalue weighted by Gasteiger charge is -2.20. The van der Waals surface area contributed by atoms with E-state index in [9.17, 15) is 0 Å². The number of aromatic amines is 1. The van der Waals surface area contributed by atoms with Crippen LogP contribution in [0, 0.1) is 10.1 Å². The summed E-state index contributed by atoms with van der Waals surface area (Å²) in [5, 5.41) is 0. The number of ether oxygens (including phenoxy) is 1. The van der Waals surface area contributed by atoms with Gasteiger partial charge in [0.15, 0.2) is 0 Å². The minimum Gasteiger partial charge on any atom is -0.376 e. The molecule has 3 nitrogen and oxygen atoms in total. The number of aryl methyl sites for hydroxylation is 1. The first-order chi connectivity index (χ1) is 7.96. The summed E-state index contributed by atoms with van der Waals surface area (Å²) in [6, 6.07) is 0. The van der Waals surface area contributed by atoms with Crippen LogP contribution in [0.15, 0.2) is 0 Å². The van der Waals surface area contributed by atoms with Gasteiger partial charge in [-0.25, -0.2) is 4.98 Å². The van der Waals surface area contributed by atoms with E-state index in [1.165, 1.54) is 5.69 Å². The average Bonchev–Trinajstić information content (AvgIpc) is 2.26. The van der Waals surface area contributed by atoms with Gasteiger partial charge in [-0.3, -0.25) is 0 Å². The second-order valence-electron chi connectivity index (χ2n) is 5.81. The van der Waals surface area contributed by atoms with E-state index in [1.807, 2.05) is 0 Å². The van der Waals surface area contributed by atoms with Crippen LogP contribution in [-0.4, -0.2) is 16.6 Å². The first kappa shape index (κ1) is 12.7. The van der Waals surface area contributed by atoms with Crippen LogP contribution in [0.1, 0.15) is 44.3 Å². The van der Waals surface area contributed by atoms with E-state index in [2.05, 4.69) is 30.7 Å². The predicted molar refractivity (Wildman–Crippen MR) is 70.6 cm³/mol. The molecule has 0 unspecified atom stereocenters. The number of H-pyrrole nitrogens is 1. The molecule has 0 aromatic carbocycles. The maximum absolute atomic E-state index is 5.40. The lowest BCUT2D eigenvalue weighted by Crippen LogP contribution is -2.16. The molecule has 0 spiro atoms. The second-order valence-corrected chi connectivity index (χ2v) is 6.20. The van der Waals surface area contributed by atoms with E-state index in [0.29, 0.717) is 16.7 Å². The largest absolute Gasteiger partial charge is 0.376 e. The zero-order valence-electron chi connectivity index (χ0n) is 10.8. The third kappa shape index (κ3) is 3.36. The van der Waals surface area contributed by atoms with Gasteiger partial charge in [0.2, 0.25) is 0 Å². The highest BCUT2D eigenvalue weighted by molar-refractivity contribution is 7.71. The van der Waals surface area contributed by atoms with E-state index in [1.54, 1.807) is 0 Å². The molecule has 1 aromatic heterocycles. The summed E-state index contributed by atoms with van der Waals surface area (Å²) in [6.45, 7) is 8.12. The monoisotopic (exact) mass is 252 g/mol. The molecule has 17 heavy (non-hydrogen) atoms. The van der Waals surface area contributed by atoms with Crippen molar-refractivity contribution in [3.63, 3.8) is 0 Å². The molecule has 2 rings (SSSR count). The Balaban J connectivity index is 2.20. The number of nitrogens with zero attached hydrogens (tertiary/aromatic N) is 1. The summed E-state index contributed by atoms with van der Waals surface area (Å²) < 4.78 is 6.11. The number of fused-ring (bicyclic) bond motifs is 1. The molecule has 0 aliphatic carbocycles. The molecule has 1 aromatic rings. The van der Waals surface area contributed by atoms with E-state index < -0.39 is 0 Å². The quantitative estimate of drug-likeness (QED) is 0.821. The maximum Gasteiger partial charge on any atom is 0.135 e. The second kappa shape index (κ2) is 4.86. The number of hydrogen-bond donors (Lipinski definition) is 1. The Morgan fingerprint density at radius 2 is 2.18 bits per heavy atom. The van der Waals surface area contributed by atoms with Gasteiger partial charge >= 0.3 is 0 Å². The van der Waals surface area contributed by atoms with Crippen LogP contribution in [0.25, 0.3) is 0 Å². The van der Waals surface area contributed by atoms with Gasteiger partial charge in [-0.15, -0.1) is 0 Å². The maximum atomic E-state index is 5.40. The summed E-state index contributed by atoms with van der Waals surface area (Å²) in [4.78, 5) is 7.89. The Morgan fingerprint density at radius 3 is 2.88 bits per heavy atom. The minimum absolute atomic E-state index is 0.330. The van der Waals surface area contributed by atoms with Crippen LogP contribution < -0.4 is 0 Å². The number of nitrogens with one attached hydrogen (secondary N) is 1. The fourth-order valence-corrected chi connectivity index (χ4v) is 2.21. The summed E-state index contributed by atoms with van der Waals surface area (Å²) in [5.74, 6) is 1.02. The van der Waals surface area contributed by atoms with Crippen LogP contribution in [0.3, 0.4) is 0 Å². The molecular weight excluding hydrogens is 232 g/mol. The van der Waals surface area contributed by atoms with Crippen LogP contribution in [0.2, 0.25) is 0 Å². The Bertz CT molecular complexity index is 459. The molecule has 0 fully saturated rings. The first-order valence-corrected chi connectivity index (χ1v) is 6.55. The Morgan fingerprint density at radius 1 is 1.41 bits per heavy atom. The third-order valence-electron chi connectivity index (χ3n) is 3.01. The van der Waals surface area contributed by atoms with E-state index >= 15 is 0 Å². The Hall–Kier alpha value is -0.740. The van der Waals surface area contributed by atoms with Crippen LogP contribution in [0.4, 0.5) is 0 Å². The molecule has 2 heterocycles. The highest BCUT2D eigenvalue weighted by atomic mass is 32.1. The third-order valence-corrected chi connectivity index (χ3v) is 3.35. The highest BCUT2D eigenvalue weighted by Crippen LogP contribution is 2.21. The number of rotatable bonds is 2. The van der Waals surface area contributed by atoms with Gasteiger partial charge in [-0.05, 0) is 11.8 Å². The van der Waals surface area contributed by atoms with Crippen molar-refractivity contribution >= 4 is 12.2 Å². The van der Waals surface area contributed by atoms with Gasteiger partial charge in [-0.2, -0.15) is 0 Å². The van der Waals surface area contributed by atoms with Crippen LogP contribution in [0.5, 0.6) is 0 Å². The van der Waals surface area contributed by atoms with Crippen LogP contribution in [-0.2, 0) is 24.2 Å². The van der Waals surface area contributed by atoms with Crippen molar-refractivity contribution < 1.29 is 4.74 Å². The fraction of sp³-hybridized carbons (Fsp3) is 0.692. The Kier molecular flexibility index (Phi) is 3.64. The predicted octanol–water partition coefficient (Wildman–Crippen LogP) is 3.19. The minimum atomic E-state index is 0.330. The fourth-order valence-electron chi connectivity index (χ4n) is 1.92. The van der Waals surface area contributed by atoms with Gasteiger partial charge < -0.3 is 9.72 Å². The summed E-state index contributed by atoms with van der Waals surface area (Å²) in [5.41, 5.74) is 2.63. The molecule has 1 aliphatic rings. The molecular formula is C13H20N2OS. The zero-order valence-corrected chi connectivity index (χ0v) is 11.6. The lowest BCUT2D eigenvalue weighted by molar-refractivity contribution is 0.108. The number of aromatic nitrogens is 2. The van der Waals surface area contributed by atoms with E-state index in [4.69, 9.17) is 17.0 Å². The van der Waals surface area contributed by atoms with Gasteiger partial charge in [0.25, 0.3) is 0 Å². The smallest absolute Gasteiger partial charge is 0.135 e. The zero-order chi connectivity index (χ0) is 12.5. The molecule has 94 valence electrons. The Labute approximate surface area is 108 Å². The van der Waals surface area contributed by atoms with Crippen molar-refractivity contribution in [2.75, 3.05) is 6.61 Å². The summed E-state index contributed by atoms with van der Waals surface area (Å²) >= 11 is 5.32. The van der Waals surface area contributed by atoms with E-state index in [-0.39, 0.29) is 0 Å². The summed E-state index contributed by atoms with van der Waals surface area (Å²) in [7, 11) is 0. The summed E-state index contributed by atoms with van der Waals surface area (Å²) in [6.07, 6.45) is 2.99. The SMILES string of the molecule is CC(C)(C)CCc1nc(=S)c2c([nH]1)CCOC2. The van der Waals surface area contributed by atoms with Crippen molar-refractivity contribution in [1.82, 2.24) is 9.97 Å². The van der Waals surface area contributed by atoms with Gasteiger partial charge in [0.05, 0.1) is 13.2 Å². The van der Waals surface area contributed by atoms with Crippen molar-refractivity contribution in [3.05, 3.63) is 21.7 Å². The van der Waals surface area contributed by atoms with Crippen molar-refractivity contribution in [3.8, 4) is 0 Å². The van der Waals surface area contributed by atoms with Crippen LogP contribution >= 0.6 is 12.2 Å². The lowest BCUT2D eigenvalue weighted by atomic mass is 9.90. The molecule has 0 bridgehead atoms. The highest BCUT2D eigenvalue weighted by Gasteiger charge is 2.15. The topological polar surface area (TPSA) is 37.9 Å². The molecule has 0 atom stereocenters. The molecule has 1 N–H and O–H groups in total. The molecule has 0 amide bonds. The first-order valence-electron chi connectivity index (χ1n) is 6.14. The van der Waals surface area contributed by atoms with E-state index in [0.717, 1.165) is 37.3 Å². The van der Waals surface area contributed by atoms with Crippen molar-refractivity contribution in [1.29, 1.82) is 0 Å². The average molecular weight is 252 g/mol. The van der Waals surface area contributed by atoms with Gasteiger partial charge in [-0.1, -0.05) is 33.0 Å². The number of hydrogen-bond acceptors (Lipinski definition) is 3. The molecule has 0 saturated heterocycles.